The van der Waals surface area contributed by atoms with Crippen LogP contribution < -0.4 is 10.2 Å². The van der Waals surface area contributed by atoms with Gasteiger partial charge in [-0.15, -0.1) is 0 Å². The first kappa shape index (κ1) is 29.1. The number of pyridine rings is 2. The van der Waals surface area contributed by atoms with Gasteiger partial charge >= 0.3 is 0 Å². The fraction of sp³-hybridized carbons (Fsp3) is 0.515. The molecule has 5 heterocycles. The molecule has 3 aliphatic rings. The van der Waals surface area contributed by atoms with Gasteiger partial charge in [0.15, 0.2) is 9.84 Å². The van der Waals surface area contributed by atoms with Crippen molar-refractivity contribution in [3.05, 3.63) is 71.0 Å². The number of hydrogen-bond donors (Lipinski definition) is 1. The Morgan fingerprint density at radius 1 is 0.905 bits per heavy atom. The lowest BCUT2D eigenvalue weighted by Crippen LogP contribution is -2.43. The first-order valence-electron chi connectivity index (χ1n) is 15.4. The molecule has 0 amide bonds. The fourth-order valence-electron chi connectivity index (χ4n) is 7.09. The number of nitrogens with one attached hydrogen (secondary N) is 1. The van der Waals surface area contributed by atoms with Gasteiger partial charge in [0, 0.05) is 61.5 Å². The molecule has 1 aromatic carbocycles. The van der Waals surface area contributed by atoms with Gasteiger partial charge in [-0.25, -0.2) is 18.4 Å². The van der Waals surface area contributed by atoms with E-state index in [0.29, 0.717) is 18.9 Å². The van der Waals surface area contributed by atoms with E-state index in [2.05, 4.69) is 57.0 Å². The summed E-state index contributed by atoms with van der Waals surface area (Å²) in [7, 11) is -3.37. The van der Waals surface area contributed by atoms with E-state index in [1.54, 1.807) is 18.3 Å². The van der Waals surface area contributed by atoms with Crippen LogP contribution in [0.4, 0.5) is 17.3 Å². The molecule has 2 aromatic heterocycles. The number of anilines is 3. The van der Waals surface area contributed by atoms with Crippen LogP contribution in [0.2, 0.25) is 0 Å². The zero-order valence-electron chi connectivity index (χ0n) is 25.3. The second kappa shape index (κ2) is 11.9. The maximum absolute atomic E-state index is 12.4. The molecular weight excluding hydrogens is 544 g/mol. The van der Waals surface area contributed by atoms with Crippen molar-refractivity contribution in [1.29, 1.82) is 0 Å². The molecule has 0 atom stereocenters. The van der Waals surface area contributed by atoms with Crippen LogP contribution in [-0.4, -0.2) is 73.7 Å². The topological polar surface area (TPSA) is 81.7 Å². The van der Waals surface area contributed by atoms with Crippen LogP contribution in [-0.2, 0) is 34.8 Å². The van der Waals surface area contributed by atoms with Crippen LogP contribution in [0.25, 0.3) is 0 Å². The van der Waals surface area contributed by atoms with Gasteiger partial charge in [0.25, 0.3) is 0 Å². The van der Waals surface area contributed by atoms with Gasteiger partial charge in [-0.1, -0.05) is 26.3 Å². The number of likely N-dealkylation sites (tertiary alicyclic amines) is 1. The third-order valence-corrected chi connectivity index (χ3v) is 10.2. The van der Waals surface area contributed by atoms with Crippen LogP contribution in [0.5, 0.6) is 0 Å². The first-order chi connectivity index (χ1) is 20.2. The summed E-state index contributed by atoms with van der Waals surface area (Å²) in [6.45, 7) is 13.0. The number of aromatic nitrogens is 2. The van der Waals surface area contributed by atoms with Gasteiger partial charge in [0.2, 0.25) is 0 Å². The molecule has 0 radical (unpaired) electrons. The number of nitrogens with zero attached hydrogens (tertiary/aromatic N) is 5. The van der Waals surface area contributed by atoms with Crippen molar-refractivity contribution in [3.63, 3.8) is 0 Å². The fourth-order valence-corrected chi connectivity index (χ4v) is 7.93. The lowest BCUT2D eigenvalue weighted by Gasteiger charge is -2.40. The Balaban J connectivity index is 1.16. The van der Waals surface area contributed by atoms with E-state index in [9.17, 15) is 8.42 Å². The second-order valence-electron chi connectivity index (χ2n) is 12.9. The predicted octanol–water partition coefficient (Wildman–Crippen LogP) is 5.16. The number of hydrogen-bond acceptors (Lipinski definition) is 8. The Hall–Kier alpha value is -3.01. The van der Waals surface area contributed by atoms with Gasteiger partial charge in [0.05, 0.1) is 0 Å². The molecule has 0 unspecified atom stereocenters. The Labute approximate surface area is 251 Å². The molecule has 0 spiro atoms. The summed E-state index contributed by atoms with van der Waals surface area (Å²) in [5, 5.41) is 3.63. The zero-order valence-corrected chi connectivity index (χ0v) is 26.1. The minimum Gasteiger partial charge on any atom is -0.351 e. The Morgan fingerprint density at radius 2 is 1.71 bits per heavy atom. The molecule has 9 heteroatoms. The number of rotatable bonds is 8. The molecule has 3 aromatic rings. The van der Waals surface area contributed by atoms with E-state index >= 15 is 0 Å². The molecule has 8 nitrogen and oxygen atoms in total. The van der Waals surface area contributed by atoms with Crippen molar-refractivity contribution in [1.82, 2.24) is 19.8 Å². The molecule has 42 heavy (non-hydrogen) atoms. The van der Waals surface area contributed by atoms with Crippen molar-refractivity contribution in [2.45, 2.75) is 69.4 Å². The van der Waals surface area contributed by atoms with Crippen molar-refractivity contribution in [2.24, 2.45) is 0 Å². The lowest BCUT2D eigenvalue weighted by atomic mass is 9.78. The second-order valence-corrected chi connectivity index (χ2v) is 14.9. The smallest absolute Gasteiger partial charge is 0.179 e. The van der Waals surface area contributed by atoms with Gasteiger partial charge in [0.1, 0.15) is 16.5 Å². The average molecular weight is 589 g/mol. The largest absolute Gasteiger partial charge is 0.351 e. The van der Waals surface area contributed by atoms with Gasteiger partial charge in [-0.3, -0.25) is 4.90 Å². The number of piperidine rings is 1. The monoisotopic (exact) mass is 588 g/mol. The van der Waals surface area contributed by atoms with Gasteiger partial charge in [-0.05, 0) is 98.9 Å². The van der Waals surface area contributed by atoms with Crippen LogP contribution in [0, 0.1) is 0 Å². The molecule has 1 fully saturated rings. The molecule has 1 saturated heterocycles. The molecule has 0 aliphatic carbocycles. The van der Waals surface area contributed by atoms with E-state index < -0.39 is 9.84 Å². The number of sulfone groups is 1. The van der Waals surface area contributed by atoms with Crippen LogP contribution in [0.15, 0.2) is 53.7 Å². The Kier molecular flexibility index (Phi) is 8.26. The highest BCUT2D eigenvalue weighted by atomic mass is 32.2. The van der Waals surface area contributed by atoms with Crippen LogP contribution >= 0.6 is 0 Å². The van der Waals surface area contributed by atoms with E-state index in [1.807, 2.05) is 12.3 Å². The minimum absolute atomic E-state index is 0.112. The number of fused-ring (bicyclic) bond motifs is 2. The summed E-state index contributed by atoms with van der Waals surface area (Å²) in [5.74, 6) is 1.40. The SMILES string of the molecule is CC1(C)CN(CCCN2CCCCC2)Cc2cc(Nc3nccc4c3CCN(c3ncccc3S(C)(=O)=O)C4)ccc21. The Bertz CT molecular complexity index is 1530. The lowest BCUT2D eigenvalue weighted by molar-refractivity contribution is 0.169. The van der Waals surface area contributed by atoms with Crippen molar-refractivity contribution in [3.8, 4) is 0 Å². The summed E-state index contributed by atoms with van der Waals surface area (Å²) in [6.07, 6.45) is 10.8. The Morgan fingerprint density at radius 3 is 2.52 bits per heavy atom. The zero-order chi connectivity index (χ0) is 29.3. The quantitative estimate of drug-likeness (QED) is 0.387. The predicted molar refractivity (Wildman–Crippen MR) is 169 cm³/mol. The van der Waals surface area contributed by atoms with E-state index in [0.717, 1.165) is 43.1 Å². The summed E-state index contributed by atoms with van der Waals surface area (Å²) < 4.78 is 24.8. The van der Waals surface area contributed by atoms with Crippen molar-refractivity contribution < 1.29 is 8.42 Å². The third kappa shape index (κ3) is 6.33. The van der Waals surface area contributed by atoms with Gasteiger partial charge < -0.3 is 15.1 Å². The summed E-state index contributed by atoms with van der Waals surface area (Å²) in [4.78, 5) is 16.8. The number of benzene rings is 1. The van der Waals surface area contributed by atoms with Crippen LogP contribution in [0.1, 0.15) is 61.8 Å². The van der Waals surface area contributed by atoms with Gasteiger partial charge in [-0.2, -0.15) is 0 Å². The van der Waals surface area contributed by atoms with Crippen LogP contribution in [0.3, 0.4) is 0 Å². The molecule has 0 bridgehead atoms. The summed E-state index contributed by atoms with van der Waals surface area (Å²) in [6, 6.07) is 12.2. The molecule has 6 rings (SSSR count). The van der Waals surface area contributed by atoms with Crippen molar-refractivity contribution >= 4 is 27.2 Å². The molecule has 1 N–H and O–H groups in total. The van der Waals surface area contributed by atoms with Crippen molar-refractivity contribution in [2.75, 3.05) is 55.7 Å². The van der Waals surface area contributed by atoms with E-state index in [-0.39, 0.29) is 10.3 Å². The highest BCUT2D eigenvalue weighted by molar-refractivity contribution is 7.90. The minimum atomic E-state index is -3.37. The first-order valence-corrected chi connectivity index (χ1v) is 17.3. The summed E-state index contributed by atoms with van der Waals surface area (Å²) >= 11 is 0. The van der Waals surface area contributed by atoms with E-state index in [1.165, 1.54) is 68.3 Å². The highest BCUT2D eigenvalue weighted by Gasteiger charge is 2.32. The molecular formula is C33H44N6O2S. The standard InChI is InChI=1S/C33H44N6O2S/c1-33(2)24-38(19-8-18-37-16-5-4-6-17-37)22-26-21-27(10-11-29(26)33)36-31-28-13-20-39(23-25(28)12-15-34-31)32-30(42(3,40)41)9-7-14-35-32/h7,9-12,14-15,21H,4-6,8,13,16-20,22-24H2,1-3H3,(H,34,36). The summed E-state index contributed by atoms with van der Waals surface area (Å²) in [5.41, 5.74) is 6.34. The normalized spacial score (nSPS) is 19.3. The molecule has 0 saturated carbocycles. The average Bonchev–Trinajstić information content (AvgIpc) is 2.97. The third-order valence-electron chi connectivity index (χ3n) is 9.10. The highest BCUT2D eigenvalue weighted by Crippen LogP contribution is 2.36. The maximum atomic E-state index is 12.4. The molecule has 224 valence electrons. The molecule has 3 aliphatic heterocycles. The van der Waals surface area contributed by atoms with E-state index in [4.69, 9.17) is 4.98 Å². The maximum Gasteiger partial charge on any atom is 0.179 e.